The maximum absolute atomic E-state index is 12.3. The number of benzene rings is 3. The summed E-state index contributed by atoms with van der Waals surface area (Å²) in [5, 5.41) is 5.05. The summed E-state index contributed by atoms with van der Waals surface area (Å²) >= 11 is 5.90. The number of rotatable bonds is 5. The fourth-order valence-electron chi connectivity index (χ4n) is 2.51. The van der Waals surface area contributed by atoms with Crippen LogP contribution in [0.5, 0.6) is 0 Å². The van der Waals surface area contributed by atoms with Crippen molar-refractivity contribution in [1.29, 1.82) is 0 Å². The van der Waals surface area contributed by atoms with Crippen LogP contribution in [0.4, 0.5) is 0 Å². The van der Waals surface area contributed by atoms with Crippen molar-refractivity contribution in [2.24, 2.45) is 0 Å². The van der Waals surface area contributed by atoms with E-state index in [0.717, 1.165) is 16.3 Å². The average molecular weight is 354 g/mol. The average Bonchev–Trinajstić information content (AvgIpc) is 2.64. The molecule has 0 radical (unpaired) electrons. The molecule has 0 saturated heterocycles. The van der Waals surface area contributed by atoms with Gasteiger partial charge in [-0.1, -0.05) is 60.1 Å². The topological polar surface area (TPSA) is 55.4 Å². The van der Waals surface area contributed by atoms with Crippen LogP contribution in [0, 0.1) is 0 Å². The van der Waals surface area contributed by atoms with Gasteiger partial charge < -0.3 is 10.1 Å². The van der Waals surface area contributed by atoms with Crippen molar-refractivity contribution in [1.82, 2.24) is 5.32 Å². The normalized spacial score (nSPS) is 10.4. The Kier molecular flexibility index (Phi) is 5.31. The first kappa shape index (κ1) is 17.0. The molecule has 0 heterocycles. The molecule has 25 heavy (non-hydrogen) atoms. The summed E-state index contributed by atoms with van der Waals surface area (Å²) in [5.41, 5.74) is 1.32. The van der Waals surface area contributed by atoms with Crippen LogP contribution in [-0.2, 0) is 16.1 Å². The second-order valence-electron chi connectivity index (χ2n) is 5.51. The SMILES string of the molecule is O=C(COC(=O)c1cccc2ccccc12)NCc1cccc(Cl)c1. The predicted octanol–water partition coefficient (Wildman–Crippen LogP) is 3.97. The first-order valence-electron chi connectivity index (χ1n) is 7.79. The zero-order valence-electron chi connectivity index (χ0n) is 13.4. The number of ether oxygens (including phenoxy) is 1. The number of nitrogens with one attached hydrogen (secondary N) is 1. The van der Waals surface area contributed by atoms with Gasteiger partial charge in [-0.3, -0.25) is 4.79 Å². The molecule has 0 fully saturated rings. The Morgan fingerprint density at radius 1 is 0.960 bits per heavy atom. The Balaban J connectivity index is 1.57. The van der Waals surface area contributed by atoms with Crippen LogP contribution in [0.1, 0.15) is 15.9 Å². The first-order chi connectivity index (χ1) is 12.1. The lowest BCUT2D eigenvalue weighted by atomic mass is 10.1. The highest BCUT2D eigenvalue weighted by Gasteiger charge is 2.13. The minimum absolute atomic E-state index is 0.325. The molecular formula is C20H16ClNO3. The largest absolute Gasteiger partial charge is 0.452 e. The van der Waals surface area contributed by atoms with Gasteiger partial charge in [-0.2, -0.15) is 0 Å². The third-order valence-corrected chi connectivity index (χ3v) is 3.96. The van der Waals surface area contributed by atoms with Crippen LogP contribution >= 0.6 is 11.6 Å². The number of fused-ring (bicyclic) bond motifs is 1. The number of amides is 1. The molecule has 3 aromatic carbocycles. The lowest BCUT2D eigenvalue weighted by molar-refractivity contribution is -0.124. The van der Waals surface area contributed by atoms with Crippen LogP contribution in [0.3, 0.4) is 0 Å². The highest BCUT2D eigenvalue weighted by Crippen LogP contribution is 2.19. The minimum atomic E-state index is -0.519. The van der Waals surface area contributed by atoms with Gasteiger partial charge in [-0.25, -0.2) is 4.79 Å². The monoisotopic (exact) mass is 353 g/mol. The second kappa shape index (κ2) is 7.81. The molecule has 1 amide bonds. The molecule has 0 bridgehead atoms. The van der Waals surface area contributed by atoms with Crippen molar-refractivity contribution in [3.8, 4) is 0 Å². The third kappa shape index (κ3) is 4.37. The van der Waals surface area contributed by atoms with Crippen molar-refractivity contribution in [3.05, 3.63) is 82.9 Å². The van der Waals surface area contributed by atoms with Gasteiger partial charge >= 0.3 is 5.97 Å². The molecule has 0 atom stereocenters. The fourth-order valence-corrected chi connectivity index (χ4v) is 2.72. The molecule has 3 aromatic rings. The third-order valence-electron chi connectivity index (χ3n) is 3.72. The maximum Gasteiger partial charge on any atom is 0.339 e. The van der Waals surface area contributed by atoms with Gasteiger partial charge in [0.25, 0.3) is 5.91 Å². The number of halogens is 1. The van der Waals surface area contributed by atoms with E-state index in [0.29, 0.717) is 17.1 Å². The summed E-state index contributed by atoms with van der Waals surface area (Å²) in [5.74, 6) is -0.886. The lowest BCUT2D eigenvalue weighted by Gasteiger charge is -2.08. The van der Waals surface area contributed by atoms with E-state index < -0.39 is 5.97 Å². The lowest BCUT2D eigenvalue weighted by Crippen LogP contribution is -2.28. The minimum Gasteiger partial charge on any atom is -0.452 e. The van der Waals surface area contributed by atoms with Crippen molar-refractivity contribution in [2.45, 2.75) is 6.54 Å². The van der Waals surface area contributed by atoms with Crippen LogP contribution in [0.25, 0.3) is 10.8 Å². The van der Waals surface area contributed by atoms with Crippen LogP contribution < -0.4 is 5.32 Å². The van der Waals surface area contributed by atoms with Crippen molar-refractivity contribution in [2.75, 3.05) is 6.61 Å². The molecule has 126 valence electrons. The summed E-state index contributed by atoms with van der Waals surface area (Å²) in [6, 6.07) is 20.1. The highest BCUT2D eigenvalue weighted by atomic mass is 35.5. The van der Waals surface area contributed by atoms with Gasteiger partial charge in [0.05, 0.1) is 5.56 Å². The molecule has 0 aliphatic heterocycles. The highest BCUT2D eigenvalue weighted by molar-refractivity contribution is 6.30. The second-order valence-corrected chi connectivity index (χ2v) is 5.95. The molecule has 1 N–H and O–H groups in total. The van der Waals surface area contributed by atoms with Crippen molar-refractivity contribution >= 4 is 34.2 Å². The molecule has 0 aromatic heterocycles. The standard InChI is InChI=1S/C20H16ClNO3/c21-16-8-3-5-14(11-16)12-22-19(23)13-25-20(24)18-10-4-7-15-6-1-2-9-17(15)18/h1-11H,12-13H2,(H,22,23). The molecular weight excluding hydrogens is 338 g/mol. The summed E-state index contributed by atoms with van der Waals surface area (Å²) in [4.78, 5) is 24.1. The van der Waals surface area contributed by atoms with Gasteiger partial charge in [-0.05, 0) is 34.5 Å². The van der Waals surface area contributed by atoms with Gasteiger partial charge in [0, 0.05) is 11.6 Å². The number of carbonyl (C=O) groups excluding carboxylic acids is 2. The van der Waals surface area contributed by atoms with E-state index in [9.17, 15) is 9.59 Å². The van der Waals surface area contributed by atoms with Gasteiger partial charge in [0.2, 0.25) is 0 Å². The van der Waals surface area contributed by atoms with Crippen molar-refractivity contribution < 1.29 is 14.3 Å². The zero-order chi connectivity index (χ0) is 17.6. The van der Waals surface area contributed by atoms with E-state index in [2.05, 4.69) is 5.32 Å². The summed E-state index contributed by atoms with van der Waals surface area (Å²) in [7, 11) is 0. The van der Waals surface area contributed by atoms with Gasteiger partial charge in [0.15, 0.2) is 6.61 Å². The quantitative estimate of drug-likeness (QED) is 0.706. The summed E-state index contributed by atoms with van der Waals surface area (Å²) in [6.07, 6.45) is 0. The van der Waals surface area contributed by atoms with E-state index in [1.54, 1.807) is 24.3 Å². The first-order valence-corrected chi connectivity index (χ1v) is 8.17. The molecule has 5 heteroatoms. The van der Waals surface area contributed by atoms with E-state index in [1.807, 2.05) is 42.5 Å². The Morgan fingerprint density at radius 2 is 1.72 bits per heavy atom. The fraction of sp³-hybridized carbons (Fsp3) is 0.100. The van der Waals surface area contributed by atoms with E-state index >= 15 is 0 Å². The number of hydrogen-bond acceptors (Lipinski definition) is 3. The molecule has 4 nitrogen and oxygen atoms in total. The van der Waals surface area contributed by atoms with Crippen molar-refractivity contribution in [3.63, 3.8) is 0 Å². The molecule has 0 unspecified atom stereocenters. The van der Waals surface area contributed by atoms with Crippen LogP contribution in [-0.4, -0.2) is 18.5 Å². The molecule has 0 saturated carbocycles. The van der Waals surface area contributed by atoms with Gasteiger partial charge in [0.1, 0.15) is 0 Å². The smallest absolute Gasteiger partial charge is 0.339 e. The van der Waals surface area contributed by atoms with Crippen LogP contribution in [0.2, 0.25) is 5.02 Å². The molecule has 0 aliphatic carbocycles. The van der Waals surface area contributed by atoms with E-state index in [4.69, 9.17) is 16.3 Å². The van der Waals surface area contributed by atoms with Crippen LogP contribution in [0.15, 0.2) is 66.7 Å². The predicted molar refractivity (Wildman–Crippen MR) is 97.5 cm³/mol. The molecule has 0 aliphatic rings. The zero-order valence-corrected chi connectivity index (χ0v) is 14.1. The number of hydrogen-bond donors (Lipinski definition) is 1. The Labute approximate surface area is 150 Å². The van der Waals surface area contributed by atoms with E-state index in [1.165, 1.54) is 0 Å². The molecule has 0 spiro atoms. The Morgan fingerprint density at radius 3 is 2.56 bits per heavy atom. The summed E-state index contributed by atoms with van der Waals surface area (Å²) in [6.45, 7) is -0.00612. The molecule has 3 rings (SSSR count). The summed E-state index contributed by atoms with van der Waals surface area (Å²) < 4.78 is 5.13. The Hall–Kier alpha value is -2.85. The number of carbonyl (C=O) groups is 2. The Bertz CT molecular complexity index is 918. The van der Waals surface area contributed by atoms with E-state index in [-0.39, 0.29) is 12.5 Å². The maximum atomic E-state index is 12.3. The van der Waals surface area contributed by atoms with Gasteiger partial charge in [-0.15, -0.1) is 0 Å². The number of esters is 1.